The van der Waals surface area contributed by atoms with Crippen molar-refractivity contribution in [3.05, 3.63) is 47.0 Å². The van der Waals surface area contributed by atoms with Gasteiger partial charge in [-0.15, -0.1) is 0 Å². The molecule has 8 atom stereocenters. The second kappa shape index (κ2) is 14.8. The quantitative estimate of drug-likeness (QED) is 0.162. The van der Waals surface area contributed by atoms with Crippen LogP contribution in [0.2, 0.25) is 0 Å². The molecule has 3 unspecified atom stereocenters. The molecule has 2 heterocycles. The zero-order valence-electron chi connectivity index (χ0n) is 27.5. The van der Waals surface area contributed by atoms with Gasteiger partial charge in [-0.3, -0.25) is 4.90 Å². The number of rotatable bonds is 11. The SMILES string of the molecule is CC[C@@H]1OC(C)O[C@@H]([C@@H](C=O)/C(C)=C(\C)[C@H](C)OC(=O)C2OC(C)N(C(=O)OCc3ccccc3)[C@H]2CC(C)C)C1(C)C. The van der Waals surface area contributed by atoms with Crippen molar-refractivity contribution >= 4 is 18.3 Å². The highest BCUT2D eigenvalue weighted by Gasteiger charge is 2.50. The van der Waals surface area contributed by atoms with E-state index in [4.69, 9.17) is 23.7 Å². The Hall–Kier alpha value is -2.75. The van der Waals surface area contributed by atoms with Crippen LogP contribution in [0.4, 0.5) is 4.79 Å². The lowest BCUT2D eigenvalue weighted by molar-refractivity contribution is -0.292. The fourth-order valence-electron chi connectivity index (χ4n) is 6.28. The largest absolute Gasteiger partial charge is 0.456 e. The fraction of sp³-hybridized carbons (Fsp3) is 0.676. The van der Waals surface area contributed by atoms with Crippen LogP contribution in [-0.2, 0) is 39.9 Å². The first kappa shape index (κ1) is 34.7. The third kappa shape index (κ3) is 8.05. The second-order valence-electron chi connectivity index (χ2n) is 12.9. The molecule has 3 rings (SSSR count). The molecule has 2 aliphatic heterocycles. The van der Waals surface area contributed by atoms with Crippen LogP contribution >= 0.6 is 0 Å². The Morgan fingerprint density at radius 1 is 1.02 bits per heavy atom. The van der Waals surface area contributed by atoms with E-state index in [1.807, 2.05) is 65.0 Å². The minimum Gasteiger partial charge on any atom is -0.456 e. The Morgan fingerprint density at radius 3 is 2.26 bits per heavy atom. The summed E-state index contributed by atoms with van der Waals surface area (Å²) in [5.74, 6) is -0.909. The molecule has 2 aliphatic rings. The molecule has 0 bridgehead atoms. The highest BCUT2D eigenvalue weighted by Crippen LogP contribution is 2.43. The third-order valence-corrected chi connectivity index (χ3v) is 8.93. The maximum Gasteiger partial charge on any atom is 0.412 e. The minimum absolute atomic E-state index is 0.0613. The first-order chi connectivity index (χ1) is 20.2. The van der Waals surface area contributed by atoms with Crippen molar-refractivity contribution < 1.29 is 38.1 Å². The summed E-state index contributed by atoms with van der Waals surface area (Å²) >= 11 is 0. The van der Waals surface area contributed by atoms with Gasteiger partial charge in [0.1, 0.15) is 25.2 Å². The summed E-state index contributed by atoms with van der Waals surface area (Å²) in [7, 11) is 0. The molecule has 43 heavy (non-hydrogen) atoms. The van der Waals surface area contributed by atoms with E-state index in [-0.39, 0.29) is 18.6 Å². The van der Waals surface area contributed by atoms with Crippen molar-refractivity contribution in [3.8, 4) is 0 Å². The predicted octanol–water partition coefficient (Wildman–Crippen LogP) is 6.43. The Kier molecular flexibility index (Phi) is 12.0. The lowest BCUT2D eigenvalue weighted by Crippen LogP contribution is -2.54. The van der Waals surface area contributed by atoms with Crippen molar-refractivity contribution in [1.82, 2.24) is 4.90 Å². The number of aldehydes is 1. The number of nitrogens with zero attached hydrogens (tertiary/aromatic N) is 1. The van der Waals surface area contributed by atoms with Crippen LogP contribution in [0.25, 0.3) is 0 Å². The second-order valence-corrected chi connectivity index (χ2v) is 12.9. The van der Waals surface area contributed by atoms with Crippen molar-refractivity contribution in [3.63, 3.8) is 0 Å². The van der Waals surface area contributed by atoms with Crippen molar-refractivity contribution in [2.75, 3.05) is 0 Å². The Balaban J connectivity index is 1.76. The summed E-state index contributed by atoms with van der Waals surface area (Å²) in [4.78, 5) is 40.8. The van der Waals surface area contributed by atoms with Crippen LogP contribution in [0.15, 0.2) is 41.5 Å². The molecular formula is C34H51NO8. The third-order valence-electron chi connectivity index (χ3n) is 8.93. The molecule has 9 nitrogen and oxygen atoms in total. The van der Waals surface area contributed by atoms with E-state index in [0.717, 1.165) is 29.4 Å². The standard InChI is InChI=1S/C34H51NO8/c1-11-29-34(9,10)31(43-25(8)42-29)27(18-36)22(5)21(4)23(6)40-32(37)30-28(17-20(2)3)35(24(7)41-30)33(38)39-19-26-15-13-12-14-16-26/h12-16,18,20,23-25,27-31H,11,17,19H2,1-10H3/b22-21+/t23-,24?,25?,27-,28-,29-,30?,31-/m0/s1. The van der Waals surface area contributed by atoms with Gasteiger partial charge in [-0.05, 0) is 64.5 Å². The topological polar surface area (TPSA) is 101 Å². The van der Waals surface area contributed by atoms with E-state index in [9.17, 15) is 14.4 Å². The van der Waals surface area contributed by atoms with Crippen LogP contribution in [0.5, 0.6) is 0 Å². The first-order valence-electron chi connectivity index (χ1n) is 15.5. The molecule has 240 valence electrons. The van der Waals surface area contributed by atoms with Crippen LogP contribution in [0, 0.1) is 17.3 Å². The lowest BCUT2D eigenvalue weighted by atomic mass is 9.71. The molecule has 0 N–H and O–H groups in total. The van der Waals surface area contributed by atoms with Crippen LogP contribution in [-0.4, -0.2) is 66.2 Å². The van der Waals surface area contributed by atoms with Gasteiger partial charge in [-0.1, -0.05) is 70.5 Å². The van der Waals surface area contributed by atoms with Gasteiger partial charge in [0.25, 0.3) is 0 Å². The van der Waals surface area contributed by atoms with E-state index in [1.54, 1.807) is 13.8 Å². The zero-order valence-corrected chi connectivity index (χ0v) is 27.5. The maximum absolute atomic E-state index is 13.6. The van der Waals surface area contributed by atoms with E-state index < -0.39 is 60.3 Å². The molecule has 9 heteroatoms. The molecule has 0 aromatic heterocycles. The van der Waals surface area contributed by atoms with Gasteiger partial charge in [0.2, 0.25) is 0 Å². The van der Waals surface area contributed by atoms with Gasteiger partial charge >= 0.3 is 12.1 Å². The Bertz CT molecular complexity index is 1130. The highest BCUT2D eigenvalue weighted by molar-refractivity contribution is 5.79. The summed E-state index contributed by atoms with van der Waals surface area (Å²) in [6, 6.07) is 8.89. The molecule has 2 saturated heterocycles. The summed E-state index contributed by atoms with van der Waals surface area (Å²) in [5.41, 5.74) is 2.02. The number of hydrogen-bond acceptors (Lipinski definition) is 8. The number of amides is 1. The first-order valence-corrected chi connectivity index (χ1v) is 15.5. The molecule has 1 aromatic carbocycles. The average molecular weight is 602 g/mol. The van der Waals surface area contributed by atoms with E-state index in [2.05, 4.69) is 20.8 Å². The van der Waals surface area contributed by atoms with Gasteiger partial charge in [0, 0.05) is 5.41 Å². The van der Waals surface area contributed by atoms with Crippen molar-refractivity contribution in [1.29, 1.82) is 0 Å². The number of carbonyl (C=O) groups excluding carboxylic acids is 3. The van der Waals surface area contributed by atoms with Gasteiger partial charge < -0.3 is 28.5 Å². The van der Waals surface area contributed by atoms with E-state index in [0.29, 0.717) is 6.42 Å². The molecule has 1 amide bonds. The Labute approximate surface area is 257 Å². The molecule has 0 aliphatic carbocycles. The van der Waals surface area contributed by atoms with Crippen molar-refractivity contribution in [2.24, 2.45) is 17.3 Å². The van der Waals surface area contributed by atoms with Crippen LogP contribution < -0.4 is 0 Å². The summed E-state index contributed by atoms with van der Waals surface area (Å²) in [6.07, 6.45) is -1.45. The van der Waals surface area contributed by atoms with Gasteiger partial charge in [-0.2, -0.15) is 0 Å². The summed E-state index contributed by atoms with van der Waals surface area (Å²) in [5, 5.41) is 0. The highest BCUT2D eigenvalue weighted by atomic mass is 16.7. The van der Waals surface area contributed by atoms with E-state index in [1.165, 1.54) is 4.90 Å². The number of hydrogen-bond donors (Lipinski definition) is 0. The fourth-order valence-corrected chi connectivity index (χ4v) is 6.28. The molecule has 2 fully saturated rings. The van der Waals surface area contributed by atoms with Gasteiger partial charge in [-0.25, -0.2) is 9.59 Å². The Morgan fingerprint density at radius 2 is 1.67 bits per heavy atom. The maximum atomic E-state index is 13.6. The molecular weight excluding hydrogens is 550 g/mol. The molecule has 1 aromatic rings. The normalized spacial score (nSPS) is 29.0. The number of benzene rings is 1. The monoisotopic (exact) mass is 601 g/mol. The average Bonchev–Trinajstić information content (AvgIpc) is 3.28. The predicted molar refractivity (Wildman–Crippen MR) is 163 cm³/mol. The lowest BCUT2D eigenvalue weighted by Gasteiger charge is -2.49. The molecule has 0 spiro atoms. The number of esters is 1. The molecule has 0 radical (unpaired) electrons. The summed E-state index contributed by atoms with van der Waals surface area (Å²) in [6.45, 7) is 19.5. The van der Waals surface area contributed by atoms with Crippen molar-refractivity contribution in [2.45, 2.75) is 132 Å². The smallest absolute Gasteiger partial charge is 0.412 e. The minimum atomic E-state index is -0.969. The van der Waals surface area contributed by atoms with Gasteiger partial charge in [0.05, 0.1) is 24.2 Å². The number of ether oxygens (including phenoxy) is 5. The molecule has 0 saturated carbocycles. The number of carbonyl (C=O) groups is 3. The van der Waals surface area contributed by atoms with Gasteiger partial charge in [0.15, 0.2) is 12.4 Å². The summed E-state index contributed by atoms with van der Waals surface area (Å²) < 4.78 is 29.8. The van der Waals surface area contributed by atoms with E-state index >= 15 is 0 Å². The van der Waals surface area contributed by atoms with Crippen LogP contribution in [0.3, 0.4) is 0 Å². The zero-order chi connectivity index (χ0) is 32.1. The van der Waals surface area contributed by atoms with Crippen LogP contribution in [0.1, 0.15) is 87.6 Å².